The Kier molecular flexibility index (Phi) is 3.45. The molecule has 2 nitrogen and oxygen atoms in total. The molecule has 2 fully saturated rings. The Labute approximate surface area is 87.6 Å². The van der Waals surface area contributed by atoms with Crippen molar-refractivity contribution in [3.63, 3.8) is 0 Å². The van der Waals surface area contributed by atoms with Gasteiger partial charge >= 0.3 is 0 Å². The number of nitrogens with zero attached hydrogens (tertiary/aromatic N) is 1. The van der Waals surface area contributed by atoms with Crippen LogP contribution in [0.15, 0.2) is 0 Å². The minimum Gasteiger partial charge on any atom is -0.372 e. The van der Waals surface area contributed by atoms with Crippen LogP contribution in [-0.4, -0.2) is 36.7 Å². The van der Waals surface area contributed by atoms with Gasteiger partial charge in [0.1, 0.15) is 0 Å². The van der Waals surface area contributed by atoms with Gasteiger partial charge in [0, 0.05) is 19.5 Å². The third kappa shape index (κ3) is 2.29. The summed E-state index contributed by atoms with van der Waals surface area (Å²) in [6, 6.07) is 0. The van der Waals surface area contributed by atoms with Crippen LogP contribution in [0, 0.1) is 0 Å². The fraction of sp³-hybridized carbons (Fsp3) is 1.00. The van der Waals surface area contributed by atoms with Crippen LogP contribution in [-0.2, 0) is 4.74 Å². The Morgan fingerprint density at radius 1 is 1.14 bits per heavy atom. The van der Waals surface area contributed by atoms with Crippen molar-refractivity contribution in [2.45, 2.75) is 51.0 Å². The zero-order valence-corrected chi connectivity index (χ0v) is 9.43. The second-order valence-electron chi connectivity index (χ2n) is 4.91. The highest BCUT2D eigenvalue weighted by atomic mass is 16.5. The zero-order valence-electron chi connectivity index (χ0n) is 9.43. The number of likely N-dealkylation sites (tertiary alicyclic amines) is 1. The maximum Gasteiger partial charge on any atom is 0.0956 e. The summed E-state index contributed by atoms with van der Waals surface area (Å²) in [5.41, 5.74) is 0.337. The fourth-order valence-electron chi connectivity index (χ4n) is 2.51. The van der Waals surface area contributed by atoms with E-state index in [1.54, 1.807) is 0 Å². The molecule has 0 unspecified atom stereocenters. The molecule has 0 saturated carbocycles. The molecule has 0 amide bonds. The van der Waals surface area contributed by atoms with E-state index in [1.165, 1.54) is 58.2 Å². The molecule has 2 heteroatoms. The van der Waals surface area contributed by atoms with Crippen LogP contribution in [0.5, 0.6) is 0 Å². The number of hydrogen-bond acceptors (Lipinski definition) is 2. The van der Waals surface area contributed by atoms with Crippen LogP contribution in [0.3, 0.4) is 0 Å². The lowest BCUT2D eigenvalue weighted by atomic mass is 9.86. The van der Waals surface area contributed by atoms with Gasteiger partial charge in [-0.3, -0.25) is 4.90 Å². The van der Waals surface area contributed by atoms with E-state index in [2.05, 4.69) is 11.8 Å². The third-order valence-electron chi connectivity index (χ3n) is 3.57. The molecule has 1 spiro atoms. The lowest BCUT2D eigenvalue weighted by Gasteiger charge is -2.55. The van der Waals surface area contributed by atoms with Crippen LogP contribution in [0.25, 0.3) is 0 Å². The molecule has 0 N–H and O–H groups in total. The largest absolute Gasteiger partial charge is 0.372 e. The molecule has 0 aromatic heterocycles. The second-order valence-corrected chi connectivity index (χ2v) is 4.91. The van der Waals surface area contributed by atoms with E-state index in [-0.39, 0.29) is 0 Å². The SMILES string of the molecule is CCCCCCCN1CC2(CCO2)C1. The first-order valence-corrected chi connectivity index (χ1v) is 6.21. The number of unbranched alkanes of at least 4 members (excludes halogenated alkanes) is 4. The summed E-state index contributed by atoms with van der Waals surface area (Å²) in [7, 11) is 0. The van der Waals surface area contributed by atoms with Crippen LogP contribution in [0.1, 0.15) is 45.4 Å². The first kappa shape index (κ1) is 10.4. The number of ether oxygens (including phenoxy) is 1. The van der Waals surface area contributed by atoms with Gasteiger partial charge in [-0.25, -0.2) is 0 Å². The highest BCUT2D eigenvalue weighted by Gasteiger charge is 2.48. The Bertz CT molecular complexity index is 169. The zero-order chi connectivity index (χ0) is 9.86. The first-order valence-electron chi connectivity index (χ1n) is 6.21. The highest BCUT2D eigenvalue weighted by Crippen LogP contribution is 2.35. The van der Waals surface area contributed by atoms with Gasteiger partial charge < -0.3 is 4.74 Å². The van der Waals surface area contributed by atoms with Gasteiger partial charge in [0.25, 0.3) is 0 Å². The Morgan fingerprint density at radius 2 is 1.86 bits per heavy atom. The van der Waals surface area contributed by atoms with E-state index in [0.29, 0.717) is 5.60 Å². The van der Waals surface area contributed by atoms with Crippen molar-refractivity contribution in [2.75, 3.05) is 26.2 Å². The fourth-order valence-corrected chi connectivity index (χ4v) is 2.51. The van der Waals surface area contributed by atoms with E-state index in [0.717, 1.165) is 6.61 Å². The molecule has 0 bridgehead atoms. The maximum atomic E-state index is 5.59. The summed E-state index contributed by atoms with van der Waals surface area (Å²) in [4.78, 5) is 2.55. The van der Waals surface area contributed by atoms with Crippen molar-refractivity contribution in [3.8, 4) is 0 Å². The van der Waals surface area contributed by atoms with E-state index < -0.39 is 0 Å². The second kappa shape index (κ2) is 4.63. The van der Waals surface area contributed by atoms with Crippen molar-refractivity contribution in [1.82, 2.24) is 4.90 Å². The molecule has 0 radical (unpaired) electrons. The molecule has 0 aliphatic carbocycles. The molecule has 2 saturated heterocycles. The summed E-state index contributed by atoms with van der Waals surface area (Å²) in [6.45, 7) is 6.99. The summed E-state index contributed by atoms with van der Waals surface area (Å²) < 4.78 is 5.59. The molecular weight excluding hydrogens is 174 g/mol. The van der Waals surface area contributed by atoms with Gasteiger partial charge in [-0.2, -0.15) is 0 Å². The third-order valence-corrected chi connectivity index (χ3v) is 3.57. The summed E-state index contributed by atoms with van der Waals surface area (Å²) in [6.07, 6.45) is 8.29. The van der Waals surface area contributed by atoms with E-state index in [9.17, 15) is 0 Å². The average molecular weight is 197 g/mol. The lowest BCUT2D eigenvalue weighted by molar-refractivity contribution is -0.221. The first-order chi connectivity index (χ1) is 6.85. The predicted molar refractivity (Wildman–Crippen MR) is 58.5 cm³/mol. The quantitative estimate of drug-likeness (QED) is 0.606. The van der Waals surface area contributed by atoms with Crippen molar-refractivity contribution >= 4 is 0 Å². The van der Waals surface area contributed by atoms with Gasteiger partial charge in [-0.1, -0.05) is 32.6 Å². The van der Waals surface area contributed by atoms with Crippen molar-refractivity contribution in [3.05, 3.63) is 0 Å². The monoisotopic (exact) mass is 197 g/mol. The van der Waals surface area contributed by atoms with Gasteiger partial charge in [-0.05, 0) is 13.0 Å². The summed E-state index contributed by atoms with van der Waals surface area (Å²) in [5, 5.41) is 0. The van der Waals surface area contributed by atoms with Gasteiger partial charge in [0.05, 0.1) is 12.2 Å². The Balaban J connectivity index is 1.44. The topological polar surface area (TPSA) is 12.5 Å². The van der Waals surface area contributed by atoms with Crippen LogP contribution in [0.4, 0.5) is 0 Å². The lowest BCUT2D eigenvalue weighted by Crippen LogP contribution is -2.68. The molecule has 2 heterocycles. The summed E-state index contributed by atoms with van der Waals surface area (Å²) >= 11 is 0. The minimum absolute atomic E-state index is 0.337. The standard InChI is InChI=1S/C12H23NO/c1-2-3-4-5-6-8-13-10-12(11-13)7-9-14-12/h2-11H2,1H3. The molecule has 0 aromatic rings. The molecule has 2 rings (SSSR count). The minimum atomic E-state index is 0.337. The average Bonchev–Trinajstić information content (AvgIpc) is 2.04. The molecular formula is C12H23NO. The van der Waals surface area contributed by atoms with E-state index in [1.807, 2.05) is 0 Å². The van der Waals surface area contributed by atoms with Gasteiger partial charge in [0.15, 0.2) is 0 Å². The number of rotatable bonds is 6. The van der Waals surface area contributed by atoms with Crippen LogP contribution >= 0.6 is 0 Å². The molecule has 2 aliphatic rings. The molecule has 14 heavy (non-hydrogen) atoms. The Hall–Kier alpha value is -0.0800. The van der Waals surface area contributed by atoms with Crippen molar-refractivity contribution in [1.29, 1.82) is 0 Å². The van der Waals surface area contributed by atoms with Crippen LogP contribution < -0.4 is 0 Å². The van der Waals surface area contributed by atoms with Crippen LogP contribution in [0.2, 0.25) is 0 Å². The molecule has 2 aliphatic heterocycles. The molecule has 0 atom stereocenters. The smallest absolute Gasteiger partial charge is 0.0956 e. The van der Waals surface area contributed by atoms with Crippen molar-refractivity contribution in [2.24, 2.45) is 0 Å². The van der Waals surface area contributed by atoms with Gasteiger partial charge in [0.2, 0.25) is 0 Å². The highest BCUT2D eigenvalue weighted by molar-refractivity contribution is 5.01. The van der Waals surface area contributed by atoms with E-state index in [4.69, 9.17) is 4.74 Å². The normalized spacial score (nSPS) is 24.6. The van der Waals surface area contributed by atoms with Gasteiger partial charge in [-0.15, -0.1) is 0 Å². The Morgan fingerprint density at radius 3 is 2.43 bits per heavy atom. The maximum absolute atomic E-state index is 5.59. The number of hydrogen-bond donors (Lipinski definition) is 0. The summed E-state index contributed by atoms with van der Waals surface area (Å²) in [5.74, 6) is 0. The predicted octanol–water partition coefficient (Wildman–Crippen LogP) is 2.43. The van der Waals surface area contributed by atoms with Crippen molar-refractivity contribution < 1.29 is 4.74 Å². The molecule has 82 valence electrons. The molecule has 0 aromatic carbocycles. The van der Waals surface area contributed by atoms with E-state index >= 15 is 0 Å².